The monoisotopic (exact) mass is 495 g/mol. The number of aliphatic imine (C=N–C) groups is 1. The number of thiophene rings is 1. The molecule has 0 amide bonds. The minimum absolute atomic E-state index is 0. The Bertz CT molecular complexity index is 798. The van der Waals surface area contributed by atoms with E-state index in [1.807, 2.05) is 24.0 Å². The van der Waals surface area contributed by atoms with E-state index in [9.17, 15) is 0 Å². The number of nitrogens with zero attached hydrogens (tertiary/aromatic N) is 3. The van der Waals surface area contributed by atoms with Crippen LogP contribution in [0.3, 0.4) is 0 Å². The van der Waals surface area contributed by atoms with Crippen LogP contribution in [0, 0.1) is 0 Å². The second kappa shape index (κ2) is 11.1. The van der Waals surface area contributed by atoms with Crippen LogP contribution in [0.15, 0.2) is 65.2 Å². The fraction of sp³-hybridized carbons (Fsp3) is 0.300. The molecule has 2 N–H and O–H groups in total. The summed E-state index contributed by atoms with van der Waals surface area (Å²) in [5.74, 6) is 1.32. The predicted octanol–water partition coefficient (Wildman–Crippen LogP) is 4.06. The molecule has 0 fully saturated rings. The van der Waals surface area contributed by atoms with Gasteiger partial charge in [0.15, 0.2) is 5.96 Å². The van der Waals surface area contributed by atoms with Gasteiger partial charge < -0.3 is 10.6 Å². The second-order valence-electron chi connectivity index (χ2n) is 6.16. The predicted molar refractivity (Wildman–Crippen MR) is 125 cm³/mol. The Morgan fingerprint density at radius 3 is 2.63 bits per heavy atom. The van der Waals surface area contributed by atoms with Gasteiger partial charge in [-0.1, -0.05) is 25.1 Å². The summed E-state index contributed by atoms with van der Waals surface area (Å²) in [6.07, 6.45) is 4.68. The van der Waals surface area contributed by atoms with Crippen LogP contribution in [-0.2, 0) is 6.42 Å². The minimum atomic E-state index is 0. The van der Waals surface area contributed by atoms with E-state index in [1.54, 1.807) is 17.5 Å². The normalized spacial score (nSPS) is 12.3. The molecule has 1 aromatic carbocycles. The number of hydrogen-bond donors (Lipinski definition) is 2. The van der Waals surface area contributed by atoms with E-state index < -0.39 is 0 Å². The molecule has 2 aromatic heterocycles. The van der Waals surface area contributed by atoms with E-state index in [1.165, 1.54) is 10.4 Å². The van der Waals surface area contributed by atoms with Crippen LogP contribution in [0.25, 0.3) is 5.69 Å². The number of nitrogens with one attached hydrogen (secondary N) is 2. The zero-order chi connectivity index (χ0) is 18.2. The molecule has 27 heavy (non-hydrogen) atoms. The lowest BCUT2D eigenvalue weighted by atomic mass is 10.1. The fourth-order valence-corrected chi connectivity index (χ4v) is 3.49. The molecule has 144 valence electrons. The van der Waals surface area contributed by atoms with Gasteiger partial charge in [0.2, 0.25) is 0 Å². The van der Waals surface area contributed by atoms with Crippen molar-refractivity contribution < 1.29 is 0 Å². The highest BCUT2D eigenvalue weighted by molar-refractivity contribution is 14.0. The summed E-state index contributed by atoms with van der Waals surface area (Å²) < 4.78 is 1.86. The first kappa shape index (κ1) is 21.4. The molecular formula is C20H26IN5S. The highest BCUT2D eigenvalue weighted by Gasteiger charge is 2.07. The molecule has 1 unspecified atom stereocenters. The summed E-state index contributed by atoms with van der Waals surface area (Å²) in [7, 11) is 1.81. The Hall–Kier alpha value is -1.87. The number of hydrogen-bond acceptors (Lipinski definition) is 3. The van der Waals surface area contributed by atoms with Gasteiger partial charge in [-0.3, -0.25) is 4.99 Å². The maximum atomic E-state index is 4.31. The number of benzene rings is 1. The topological polar surface area (TPSA) is 54.2 Å². The molecule has 2 heterocycles. The van der Waals surface area contributed by atoms with Gasteiger partial charge in [-0.15, -0.1) is 35.3 Å². The van der Waals surface area contributed by atoms with Crippen molar-refractivity contribution in [2.45, 2.75) is 19.3 Å². The lowest BCUT2D eigenvalue weighted by molar-refractivity contribution is 0.707. The van der Waals surface area contributed by atoms with Gasteiger partial charge >= 0.3 is 0 Å². The number of rotatable bonds is 7. The lowest BCUT2D eigenvalue weighted by Crippen LogP contribution is -2.39. The van der Waals surface area contributed by atoms with E-state index in [2.05, 4.69) is 69.4 Å². The van der Waals surface area contributed by atoms with E-state index >= 15 is 0 Å². The average molecular weight is 495 g/mol. The quantitative estimate of drug-likeness (QED) is 0.295. The summed E-state index contributed by atoms with van der Waals surface area (Å²) in [4.78, 5) is 5.70. The molecule has 0 spiro atoms. The van der Waals surface area contributed by atoms with Crippen molar-refractivity contribution >= 4 is 41.3 Å². The smallest absolute Gasteiger partial charge is 0.191 e. The first-order valence-corrected chi connectivity index (χ1v) is 9.71. The Morgan fingerprint density at radius 2 is 2.00 bits per heavy atom. The van der Waals surface area contributed by atoms with Gasteiger partial charge in [-0.25, -0.2) is 4.68 Å². The molecule has 0 aliphatic rings. The van der Waals surface area contributed by atoms with Gasteiger partial charge in [0.05, 0.1) is 5.69 Å². The van der Waals surface area contributed by atoms with E-state index in [0.717, 1.165) is 31.2 Å². The van der Waals surface area contributed by atoms with Crippen molar-refractivity contribution in [2.24, 2.45) is 4.99 Å². The Balaban J connectivity index is 0.00000261. The van der Waals surface area contributed by atoms with Crippen LogP contribution in [0.2, 0.25) is 0 Å². The largest absolute Gasteiger partial charge is 0.356 e. The first-order chi connectivity index (χ1) is 12.8. The van der Waals surface area contributed by atoms with Crippen LogP contribution >= 0.6 is 35.3 Å². The molecule has 0 bridgehead atoms. The molecular weight excluding hydrogens is 469 g/mol. The van der Waals surface area contributed by atoms with Gasteiger partial charge in [0.1, 0.15) is 0 Å². The molecule has 0 aliphatic carbocycles. The molecule has 1 atom stereocenters. The number of guanidine groups is 1. The van der Waals surface area contributed by atoms with Crippen LogP contribution in [-0.4, -0.2) is 35.9 Å². The third kappa shape index (κ3) is 6.35. The average Bonchev–Trinajstić information content (AvgIpc) is 3.39. The van der Waals surface area contributed by atoms with Crippen molar-refractivity contribution in [2.75, 3.05) is 20.1 Å². The van der Waals surface area contributed by atoms with Crippen molar-refractivity contribution in [3.8, 4) is 5.69 Å². The number of aromatic nitrogens is 2. The van der Waals surface area contributed by atoms with E-state index in [0.29, 0.717) is 5.92 Å². The molecule has 0 saturated heterocycles. The fourth-order valence-electron chi connectivity index (χ4n) is 2.70. The first-order valence-electron chi connectivity index (χ1n) is 8.83. The zero-order valence-electron chi connectivity index (χ0n) is 15.6. The minimum Gasteiger partial charge on any atom is -0.356 e. The molecule has 5 nitrogen and oxygen atoms in total. The van der Waals surface area contributed by atoms with Crippen LogP contribution in [0.1, 0.15) is 23.3 Å². The summed E-state index contributed by atoms with van der Waals surface area (Å²) in [5.41, 5.74) is 2.36. The Kier molecular flexibility index (Phi) is 8.80. The summed E-state index contributed by atoms with van der Waals surface area (Å²) in [6, 6.07) is 14.7. The molecule has 0 aliphatic heterocycles. The molecule has 0 radical (unpaired) electrons. The number of halogens is 1. The standard InChI is InChI=1S/C20H25N5S.HI/c1-16(19-5-3-14-26-19)15-23-20(21-2)22-12-10-17-6-8-18(9-7-17)25-13-4-11-24-25;/h3-9,11,13-14,16H,10,12,15H2,1-2H3,(H2,21,22,23);1H. The van der Waals surface area contributed by atoms with Gasteiger partial charge in [0, 0.05) is 43.3 Å². The molecule has 7 heteroatoms. The zero-order valence-corrected chi connectivity index (χ0v) is 18.8. The summed E-state index contributed by atoms with van der Waals surface area (Å²) in [6.45, 7) is 3.94. The molecule has 0 saturated carbocycles. The third-order valence-electron chi connectivity index (χ3n) is 4.24. The van der Waals surface area contributed by atoms with Crippen molar-refractivity contribution in [3.05, 3.63) is 70.7 Å². The Labute approximate surface area is 181 Å². The van der Waals surface area contributed by atoms with E-state index in [-0.39, 0.29) is 24.0 Å². The SMILES string of the molecule is CN=C(NCCc1ccc(-n2cccn2)cc1)NCC(C)c1cccs1.I. The second-order valence-corrected chi connectivity index (χ2v) is 7.14. The van der Waals surface area contributed by atoms with Gasteiger partial charge in [-0.05, 0) is 41.6 Å². The summed E-state index contributed by atoms with van der Waals surface area (Å²) in [5, 5.41) is 13.2. The highest BCUT2D eigenvalue weighted by Crippen LogP contribution is 2.19. The third-order valence-corrected chi connectivity index (χ3v) is 5.34. The van der Waals surface area contributed by atoms with Crippen molar-refractivity contribution in [3.63, 3.8) is 0 Å². The van der Waals surface area contributed by atoms with Crippen LogP contribution in [0.5, 0.6) is 0 Å². The van der Waals surface area contributed by atoms with Gasteiger partial charge in [0.25, 0.3) is 0 Å². The lowest BCUT2D eigenvalue weighted by Gasteiger charge is -2.15. The summed E-state index contributed by atoms with van der Waals surface area (Å²) >= 11 is 1.80. The van der Waals surface area contributed by atoms with Crippen molar-refractivity contribution in [1.29, 1.82) is 0 Å². The maximum absolute atomic E-state index is 4.31. The van der Waals surface area contributed by atoms with E-state index in [4.69, 9.17) is 0 Å². The van der Waals surface area contributed by atoms with Crippen LogP contribution in [0.4, 0.5) is 0 Å². The maximum Gasteiger partial charge on any atom is 0.191 e. The molecule has 3 aromatic rings. The van der Waals surface area contributed by atoms with Crippen LogP contribution < -0.4 is 10.6 Å². The highest BCUT2D eigenvalue weighted by atomic mass is 127. The van der Waals surface area contributed by atoms with Gasteiger partial charge in [-0.2, -0.15) is 5.10 Å². The molecule has 3 rings (SSSR count). The Morgan fingerprint density at radius 1 is 1.19 bits per heavy atom. The van der Waals surface area contributed by atoms with Crippen molar-refractivity contribution in [1.82, 2.24) is 20.4 Å².